The predicted octanol–water partition coefficient (Wildman–Crippen LogP) is 2.91. The lowest BCUT2D eigenvalue weighted by Crippen LogP contribution is -2.50. The van der Waals surface area contributed by atoms with Crippen LogP contribution in [0.15, 0.2) is 71.8 Å². The number of carbonyl (C=O) groups excluding carboxylic acids is 1. The molecule has 0 saturated carbocycles. The van der Waals surface area contributed by atoms with Crippen molar-refractivity contribution in [2.45, 2.75) is 6.54 Å². The topological polar surface area (TPSA) is 58.4 Å². The van der Waals surface area contributed by atoms with Crippen molar-refractivity contribution in [3.8, 4) is 11.3 Å². The Kier molecular flexibility index (Phi) is 5.62. The van der Waals surface area contributed by atoms with Crippen LogP contribution in [0.3, 0.4) is 0 Å². The zero-order valence-electron chi connectivity index (χ0n) is 15.9. The van der Waals surface area contributed by atoms with Crippen LogP contribution < -0.4 is 10.5 Å². The minimum Gasteiger partial charge on any atom is -0.367 e. The molecule has 0 aliphatic carbocycles. The van der Waals surface area contributed by atoms with Gasteiger partial charge in [0, 0.05) is 37.8 Å². The van der Waals surface area contributed by atoms with Gasteiger partial charge in [-0.25, -0.2) is 4.98 Å². The zero-order chi connectivity index (χ0) is 20.2. The fourth-order valence-electron chi connectivity index (χ4n) is 3.46. The second kappa shape index (κ2) is 8.49. The lowest BCUT2D eigenvalue weighted by atomic mass is 10.1. The minimum absolute atomic E-state index is 0.00695. The normalized spacial score (nSPS) is 14.1. The fraction of sp³-hybridized carbons (Fsp3) is 0.227. The first kappa shape index (κ1) is 19.2. The predicted molar refractivity (Wildman–Crippen MR) is 114 cm³/mol. The van der Waals surface area contributed by atoms with Gasteiger partial charge >= 0.3 is 0 Å². The largest absolute Gasteiger partial charge is 0.367 e. The zero-order valence-corrected chi connectivity index (χ0v) is 16.6. The molecule has 1 fully saturated rings. The molecule has 1 saturated heterocycles. The first-order valence-corrected chi connectivity index (χ1v) is 9.89. The summed E-state index contributed by atoms with van der Waals surface area (Å²) in [5, 5.41) is 0.711. The van der Waals surface area contributed by atoms with Crippen molar-refractivity contribution in [1.29, 1.82) is 0 Å². The highest BCUT2D eigenvalue weighted by Gasteiger charge is 2.22. The molecule has 2 heterocycles. The molecule has 0 atom stereocenters. The summed E-state index contributed by atoms with van der Waals surface area (Å²) in [6, 6.07) is 18.7. The molecule has 0 unspecified atom stereocenters. The van der Waals surface area contributed by atoms with Crippen molar-refractivity contribution < 1.29 is 4.79 Å². The van der Waals surface area contributed by atoms with E-state index < -0.39 is 0 Å². The molecule has 148 valence electrons. The molecule has 0 spiro atoms. The molecule has 0 radical (unpaired) electrons. The van der Waals surface area contributed by atoms with Crippen molar-refractivity contribution in [3.63, 3.8) is 0 Å². The van der Waals surface area contributed by atoms with Gasteiger partial charge in [-0.3, -0.25) is 14.2 Å². The summed E-state index contributed by atoms with van der Waals surface area (Å²) in [6.45, 7) is 2.58. The van der Waals surface area contributed by atoms with Crippen molar-refractivity contribution in [2.75, 3.05) is 31.1 Å². The Morgan fingerprint density at radius 3 is 2.34 bits per heavy atom. The van der Waals surface area contributed by atoms with Crippen molar-refractivity contribution in [1.82, 2.24) is 14.5 Å². The van der Waals surface area contributed by atoms with E-state index in [9.17, 15) is 9.59 Å². The molecule has 1 aliphatic rings. The smallest absolute Gasteiger partial charge is 0.254 e. The van der Waals surface area contributed by atoms with Gasteiger partial charge in [0.15, 0.2) is 0 Å². The second-order valence-electron chi connectivity index (χ2n) is 6.93. The van der Waals surface area contributed by atoms with Crippen LogP contribution in [-0.2, 0) is 11.3 Å². The lowest BCUT2D eigenvalue weighted by molar-refractivity contribution is -0.132. The first-order valence-electron chi connectivity index (χ1n) is 9.51. The first-order chi connectivity index (χ1) is 14.1. The van der Waals surface area contributed by atoms with Crippen LogP contribution in [0.25, 0.3) is 11.3 Å². The van der Waals surface area contributed by atoms with Crippen molar-refractivity contribution >= 4 is 23.2 Å². The Morgan fingerprint density at radius 2 is 1.66 bits per heavy atom. The van der Waals surface area contributed by atoms with Gasteiger partial charge in [-0.2, -0.15) is 0 Å². The maximum atomic E-state index is 12.7. The molecule has 0 bridgehead atoms. The Balaban J connectivity index is 1.39. The van der Waals surface area contributed by atoms with E-state index in [4.69, 9.17) is 11.6 Å². The summed E-state index contributed by atoms with van der Waals surface area (Å²) in [4.78, 5) is 33.4. The van der Waals surface area contributed by atoms with Crippen LogP contribution in [0.1, 0.15) is 0 Å². The van der Waals surface area contributed by atoms with Gasteiger partial charge in [0.1, 0.15) is 6.54 Å². The molecule has 4 rings (SSSR count). The number of hydrogen-bond acceptors (Lipinski definition) is 4. The second-order valence-corrected chi connectivity index (χ2v) is 7.33. The lowest BCUT2D eigenvalue weighted by Gasteiger charge is -2.36. The van der Waals surface area contributed by atoms with Crippen molar-refractivity contribution in [3.05, 3.63) is 82.4 Å². The summed E-state index contributed by atoms with van der Waals surface area (Å²) in [5.41, 5.74) is 2.23. The van der Waals surface area contributed by atoms with E-state index in [0.29, 0.717) is 36.9 Å². The van der Waals surface area contributed by atoms with E-state index in [1.165, 1.54) is 17.0 Å². The monoisotopic (exact) mass is 408 g/mol. The number of benzene rings is 2. The average Bonchev–Trinajstić information content (AvgIpc) is 2.76. The van der Waals surface area contributed by atoms with E-state index in [1.54, 1.807) is 4.90 Å². The van der Waals surface area contributed by atoms with Gasteiger partial charge in [0.2, 0.25) is 5.91 Å². The molecular formula is C22H21ClN4O2. The number of halogens is 1. The van der Waals surface area contributed by atoms with Crippen LogP contribution in [0.5, 0.6) is 0 Å². The number of amides is 1. The summed E-state index contributed by atoms with van der Waals surface area (Å²) < 4.78 is 1.36. The minimum atomic E-state index is -0.234. The van der Waals surface area contributed by atoms with Gasteiger partial charge < -0.3 is 9.80 Å². The highest BCUT2D eigenvalue weighted by Crippen LogP contribution is 2.26. The number of carbonyl (C=O) groups is 1. The van der Waals surface area contributed by atoms with Crippen LogP contribution in [0.4, 0.5) is 5.69 Å². The van der Waals surface area contributed by atoms with Crippen LogP contribution in [0, 0.1) is 0 Å². The molecular weight excluding hydrogens is 388 g/mol. The summed E-state index contributed by atoms with van der Waals surface area (Å²) in [7, 11) is 0. The van der Waals surface area contributed by atoms with E-state index in [-0.39, 0.29) is 18.0 Å². The fourth-order valence-corrected chi connectivity index (χ4v) is 3.72. The molecule has 2 aromatic carbocycles. The summed E-state index contributed by atoms with van der Waals surface area (Å²) >= 11 is 6.27. The SMILES string of the molecule is O=C(Cn1cnc(-c2ccccc2)cc1=O)N1CCN(c2ccccc2Cl)CC1. The Bertz CT molecular complexity index is 1060. The molecule has 1 aromatic heterocycles. The van der Waals surface area contributed by atoms with E-state index in [0.717, 1.165) is 11.3 Å². The Morgan fingerprint density at radius 1 is 0.966 bits per heavy atom. The summed E-state index contributed by atoms with van der Waals surface area (Å²) in [5.74, 6) is -0.0832. The van der Waals surface area contributed by atoms with Crippen LogP contribution in [-0.4, -0.2) is 46.5 Å². The maximum absolute atomic E-state index is 12.7. The molecule has 0 N–H and O–H groups in total. The third-order valence-corrected chi connectivity index (χ3v) is 5.40. The molecule has 6 nitrogen and oxygen atoms in total. The molecule has 1 amide bonds. The summed E-state index contributed by atoms with van der Waals surface area (Å²) in [6.07, 6.45) is 1.45. The average molecular weight is 409 g/mol. The third-order valence-electron chi connectivity index (χ3n) is 5.08. The van der Waals surface area contributed by atoms with E-state index >= 15 is 0 Å². The van der Waals surface area contributed by atoms with Gasteiger partial charge in [-0.05, 0) is 12.1 Å². The third kappa shape index (κ3) is 4.32. The molecule has 29 heavy (non-hydrogen) atoms. The quantitative estimate of drug-likeness (QED) is 0.666. The van der Waals surface area contributed by atoms with Gasteiger partial charge in [0.25, 0.3) is 5.56 Å². The molecule has 1 aliphatic heterocycles. The van der Waals surface area contributed by atoms with Gasteiger partial charge in [-0.1, -0.05) is 54.1 Å². The number of para-hydroxylation sites is 1. The number of piperazine rings is 1. The van der Waals surface area contributed by atoms with Crippen LogP contribution >= 0.6 is 11.6 Å². The van der Waals surface area contributed by atoms with Gasteiger partial charge in [0.05, 0.1) is 22.7 Å². The number of aromatic nitrogens is 2. The van der Waals surface area contributed by atoms with Crippen LogP contribution in [0.2, 0.25) is 5.02 Å². The number of hydrogen-bond donors (Lipinski definition) is 0. The number of rotatable bonds is 4. The standard InChI is InChI=1S/C22H21ClN4O2/c23-18-8-4-5-9-20(18)25-10-12-26(13-11-25)22(29)15-27-16-24-19(14-21(27)28)17-6-2-1-3-7-17/h1-9,14,16H,10-13,15H2. The molecule has 3 aromatic rings. The highest BCUT2D eigenvalue weighted by atomic mass is 35.5. The number of anilines is 1. The Hall–Kier alpha value is -3.12. The van der Waals surface area contributed by atoms with Gasteiger partial charge in [-0.15, -0.1) is 0 Å². The van der Waals surface area contributed by atoms with E-state index in [1.807, 2.05) is 54.6 Å². The van der Waals surface area contributed by atoms with Crippen molar-refractivity contribution in [2.24, 2.45) is 0 Å². The van der Waals surface area contributed by atoms with E-state index in [2.05, 4.69) is 9.88 Å². The molecule has 7 heteroatoms. The Labute approximate surface area is 174 Å². The number of nitrogens with zero attached hydrogens (tertiary/aromatic N) is 4. The maximum Gasteiger partial charge on any atom is 0.254 e. The highest BCUT2D eigenvalue weighted by molar-refractivity contribution is 6.33.